The van der Waals surface area contributed by atoms with Crippen molar-refractivity contribution in [2.75, 3.05) is 32.7 Å². The number of guanidine groups is 1. The van der Waals surface area contributed by atoms with E-state index < -0.39 is 10.4 Å². The smallest absolute Gasteiger partial charge is 0.238 e. The van der Waals surface area contributed by atoms with E-state index in [0.29, 0.717) is 13.1 Å². The van der Waals surface area contributed by atoms with Crippen molar-refractivity contribution in [2.45, 2.75) is 20.8 Å². The van der Waals surface area contributed by atoms with Crippen molar-refractivity contribution in [2.24, 2.45) is 4.99 Å². The number of hydrogen-bond donors (Lipinski definition) is 3. The Labute approximate surface area is 108 Å². The summed E-state index contributed by atoms with van der Waals surface area (Å²) in [5, 5.41) is 2.64. The summed E-state index contributed by atoms with van der Waals surface area (Å²) in [6, 6.07) is 0. The summed E-state index contributed by atoms with van der Waals surface area (Å²) in [4.78, 5) is 5.39. The third-order valence-electron chi connectivity index (χ3n) is 2.41. The van der Waals surface area contributed by atoms with Gasteiger partial charge in [-0.15, -0.1) is 0 Å². The van der Waals surface area contributed by atoms with Crippen molar-refractivity contribution in [3.8, 4) is 0 Å². The summed E-state index contributed by atoms with van der Waals surface area (Å²) in [6.45, 7) is 11.6. The quantitative estimate of drug-likeness (QED) is 0.302. The monoisotopic (exact) mass is 282 g/mol. The fourth-order valence-corrected chi connectivity index (χ4v) is 1.49. The molecule has 0 aromatic carbocycles. The van der Waals surface area contributed by atoms with Gasteiger partial charge in [-0.1, -0.05) is 0 Å². The van der Waals surface area contributed by atoms with Crippen LogP contribution in [0.4, 0.5) is 0 Å². The second-order valence-corrected chi connectivity index (χ2v) is 4.54. The van der Waals surface area contributed by atoms with E-state index in [0.717, 1.165) is 0 Å². The summed E-state index contributed by atoms with van der Waals surface area (Å²) in [5.74, 6) is 0.157. The highest BCUT2D eigenvalue weighted by Crippen LogP contribution is 1.84. The summed E-state index contributed by atoms with van der Waals surface area (Å²) in [5.41, 5.74) is 1.86. The Kier molecular flexibility index (Phi) is 8.63. The van der Waals surface area contributed by atoms with Crippen molar-refractivity contribution < 1.29 is 22.2 Å². The lowest BCUT2D eigenvalue weighted by atomic mass is 10.5. The van der Waals surface area contributed by atoms with Gasteiger partial charge in [-0.2, -0.15) is 4.28 Å². The SMILES string of the molecule is CC[NH+](CC)CC.O=S(=O)([O-])ONC1=NCCN1. The van der Waals surface area contributed by atoms with Gasteiger partial charge in [0, 0.05) is 6.54 Å². The molecule has 0 amide bonds. The normalized spacial score (nSPS) is 14.6. The van der Waals surface area contributed by atoms with Crippen molar-refractivity contribution in [1.29, 1.82) is 0 Å². The first-order chi connectivity index (χ1) is 8.42. The highest BCUT2D eigenvalue weighted by atomic mass is 32.3. The molecule has 3 N–H and O–H groups in total. The summed E-state index contributed by atoms with van der Waals surface area (Å²) < 4.78 is 33.3. The van der Waals surface area contributed by atoms with Crippen LogP contribution in [0.15, 0.2) is 4.99 Å². The lowest BCUT2D eigenvalue weighted by Crippen LogP contribution is -3.11. The topological polar surface area (TPSA) is 107 Å². The van der Waals surface area contributed by atoms with Gasteiger partial charge in [-0.25, -0.2) is 18.9 Å². The molecule has 0 bridgehead atoms. The number of hydrogen-bond acceptors (Lipinski definition) is 7. The van der Waals surface area contributed by atoms with Crippen LogP contribution >= 0.6 is 0 Å². The summed E-state index contributed by atoms with van der Waals surface area (Å²) in [7, 11) is -4.69. The van der Waals surface area contributed by atoms with Crippen LogP contribution in [-0.2, 0) is 14.7 Å². The molecule has 0 unspecified atom stereocenters. The molecule has 18 heavy (non-hydrogen) atoms. The lowest BCUT2D eigenvalue weighted by molar-refractivity contribution is -0.894. The van der Waals surface area contributed by atoms with Crippen LogP contribution in [0.25, 0.3) is 0 Å². The first-order valence-corrected chi connectivity index (χ1v) is 7.28. The van der Waals surface area contributed by atoms with E-state index in [2.05, 4.69) is 35.4 Å². The zero-order valence-electron chi connectivity index (χ0n) is 11.0. The second-order valence-electron chi connectivity index (χ2n) is 3.56. The molecular formula is C9H22N4O4S. The highest BCUT2D eigenvalue weighted by Gasteiger charge is 2.04. The average molecular weight is 282 g/mol. The molecule has 0 aliphatic carbocycles. The molecule has 9 heteroatoms. The van der Waals surface area contributed by atoms with Crippen molar-refractivity contribution in [3.05, 3.63) is 0 Å². The van der Waals surface area contributed by atoms with Crippen molar-refractivity contribution >= 4 is 16.4 Å². The van der Waals surface area contributed by atoms with Gasteiger partial charge >= 0.3 is 0 Å². The molecule has 1 rings (SSSR count). The molecule has 0 fully saturated rings. The van der Waals surface area contributed by atoms with E-state index in [1.54, 1.807) is 4.90 Å². The number of nitrogens with one attached hydrogen (secondary N) is 3. The molecule has 0 aromatic heterocycles. The van der Waals surface area contributed by atoms with Crippen LogP contribution < -0.4 is 15.7 Å². The number of nitrogens with zero attached hydrogens (tertiary/aromatic N) is 1. The Balaban J connectivity index is 0.000000360. The first kappa shape index (κ1) is 17.1. The standard InChI is InChI=1S/C6H15N.C3H7N3O4S/c1-4-7(5-2)6-3;7-11(8,9)10-6-3-4-1-2-5-3/h4-6H2,1-3H3;1-2H2,(H2,4,5,6)(H,7,8,9). The number of hydroxylamine groups is 1. The third kappa shape index (κ3) is 9.16. The molecular weight excluding hydrogens is 260 g/mol. The molecule has 108 valence electrons. The number of rotatable bonds is 5. The van der Waals surface area contributed by atoms with Crippen LogP contribution in [-0.4, -0.2) is 51.7 Å². The third-order valence-corrected chi connectivity index (χ3v) is 2.70. The molecule has 1 aliphatic rings. The summed E-state index contributed by atoms with van der Waals surface area (Å²) >= 11 is 0. The molecule has 8 nitrogen and oxygen atoms in total. The van der Waals surface area contributed by atoms with Gasteiger partial charge in [0.1, 0.15) is 0 Å². The highest BCUT2D eigenvalue weighted by molar-refractivity contribution is 7.80. The van der Waals surface area contributed by atoms with Crippen LogP contribution in [0.5, 0.6) is 0 Å². The minimum atomic E-state index is -4.69. The molecule has 0 atom stereocenters. The Hall–Kier alpha value is -0.900. The van der Waals surface area contributed by atoms with Gasteiger partial charge < -0.3 is 14.8 Å². The molecule has 0 radical (unpaired) electrons. The molecule has 1 heterocycles. The Bertz CT molecular complexity index is 335. The fraction of sp³-hybridized carbons (Fsp3) is 0.889. The Morgan fingerprint density at radius 3 is 2.22 bits per heavy atom. The van der Waals surface area contributed by atoms with E-state index in [1.807, 2.05) is 5.48 Å². The van der Waals surface area contributed by atoms with E-state index in [-0.39, 0.29) is 5.96 Å². The van der Waals surface area contributed by atoms with Gasteiger partial charge in [0.2, 0.25) is 16.4 Å². The predicted molar refractivity (Wildman–Crippen MR) is 66.8 cm³/mol. The average Bonchev–Trinajstić information content (AvgIpc) is 2.82. The molecule has 1 aliphatic heterocycles. The van der Waals surface area contributed by atoms with Gasteiger partial charge in [-0.3, -0.25) is 0 Å². The maximum absolute atomic E-state index is 9.86. The molecule has 0 saturated carbocycles. The zero-order valence-corrected chi connectivity index (χ0v) is 11.8. The van der Waals surface area contributed by atoms with Crippen molar-refractivity contribution in [1.82, 2.24) is 10.8 Å². The maximum atomic E-state index is 9.86. The largest absolute Gasteiger partial charge is 0.724 e. The second kappa shape index (κ2) is 9.09. The van der Waals surface area contributed by atoms with E-state index >= 15 is 0 Å². The van der Waals surface area contributed by atoms with Crippen LogP contribution in [0.3, 0.4) is 0 Å². The van der Waals surface area contributed by atoms with Crippen LogP contribution in [0, 0.1) is 0 Å². The predicted octanol–water partition coefficient (Wildman–Crippen LogP) is -2.14. The van der Waals surface area contributed by atoms with E-state index in [9.17, 15) is 13.0 Å². The van der Waals surface area contributed by atoms with Gasteiger partial charge in [0.25, 0.3) is 0 Å². The van der Waals surface area contributed by atoms with Crippen LogP contribution in [0.1, 0.15) is 20.8 Å². The van der Waals surface area contributed by atoms with Crippen LogP contribution in [0.2, 0.25) is 0 Å². The summed E-state index contributed by atoms with van der Waals surface area (Å²) in [6.07, 6.45) is 0. The zero-order chi connectivity index (χ0) is 14.0. The van der Waals surface area contributed by atoms with E-state index in [1.165, 1.54) is 19.6 Å². The van der Waals surface area contributed by atoms with Gasteiger partial charge in [-0.05, 0) is 20.8 Å². The minimum absolute atomic E-state index is 0.157. The van der Waals surface area contributed by atoms with Gasteiger partial charge in [0.05, 0.1) is 26.2 Å². The Morgan fingerprint density at radius 2 is 1.94 bits per heavy atom. The molecule has 0 aromatic rings. The first-order valence-electron chi connectivity index (χ1n) is 5.95. The fourth-order valence-electron chi connectivity index (χ4n) is 1.31. The number of aliphatic imine (C=N–C) groups is 1. The van der Waals surface area contributed by atoms with Gasteiger partial charge in [0.15, 0.2) is 0 Å². The molecule has 0 saturated heterocycles. The Morgan fingerprint density at radius 1 is 1.39 bits per heavy atom. The minimum Gasteiger partial charge on any atom is -0.724 e. The van der Waals surface area contributed by atoms with E-state index in [4.69, 9.17) is 0 Å². The maximum Gasteiger partial charge on any atom is 0.238 e. The van der Waals surface area contributed by atoms with Crippen molar-refractivity contribution in [3.63, 3.8) is 0 Å². The molecule has 0 spiro atoms. The lowest BCUT2D eigenvalue weighted by Gasteiger charge is -2.10. The number of quaternary nitrogens is 1.